The van der Waals surface area contributed by atoms with Gasteiger partial charge in [0.15, 0.2) is 7.14 Å². The maximum atomic E-state index is 14.3. The monoisotopic (exact) mass is 378 g/mol. The van der Waals surface area contributed by atoms with Crippen molar-refractivity contribution in [2.24, 2.45) is 0 Å². The molecule has 1 atom stereocenters. The summed E-state index contributed by atoms with van der Waals surface area (Å²) in [5.41, 5.74) is 2.18. The van der Waals surface area contributed by atoms with E-state index in [1.54, 1.807) is 0 Å². The minimum Gasteiger partial charge on any atom is -0.309 e. The quantitative estimate of drug-likeness (QED) is 0.387. The van der Waals surface area contributed by atoms with Gasteiger partial charge in [-0.25, -0.2) is 0 Å². The van der Waals surface area contributed by atoms with Crippen LogP contribution in [0.4, 0.5) is 0 Å². The second kappa shape index (κ2) is 6.78. The van der Waals surface area contributed by atoms with Crippen LogP contribution < -0.4 is 10.6 Å². The van der Waals surface area contributed by atoms with Gasteiger partial charge in [-0.3, -0.25) is 0 Å². The third kappa shape index (κ3) is 2.68. The normalized spacial score (nSPS) is 18.4. The highest BCUT2D eigenvalue weighted by Crippen LogP contribution is 2.57. The minimum atomic E-state index is -2.85. The van der Waals surface area contributed by atoms with E-state index in [0.717, 1.165) is 27.1 Å². The second-order valence-electron chi connectivity index (χ2n) is 6.97. The van der Waals surface area contributed by atoms with Crippen LogP contribution in [0, 0.1) is 0 Å². The topological polar surface area (TPSA) is 17.1 Å². The van der Waals surface area contributed by atoms with E-state index < -0.39 is 7.14 Å². The zero-order valence-corrected chi connectivity index (χ0v) is 16.2. The highest BCUT2D eigenvalue weighted by atomic mass is 31.2. The molecular weight excluding hydrogens is 359 g/mol. The molecule has 1 unspecified atom stereocenters. The fourth-order valence-electron chi connectivity index (χ4n) is 3.94. The van der Waals surface area contributed by atoms with Crippen LogP contribution in [0.15, 0.2) is 108 Å². The van der Waals surface area contributed by atoms with E-state index in [4.69, 9.17) is 0 Å². The maximum Gasteiger partial charge on any atom is 0.171 e. The number of benzene rings is 4. The molecule has 28 heavy (non-hydrogen) atoms. The Balaban J connectivity index is 1.65. The van der Waals surface area contributed by atoms with Crippen molar-refractivity contribution < 1.29 is 4.57 Å². The molecule has 0 amide bonds. The summed E-state index contributed by atoms with van der Waals surface area (Å²) >= 11 is 0. The summed E-state index contributed by atoms with van der Waals surface area (Å²) in [7, 11) is -2.85. The molecule has 0 aromatic heterocycles. The SMILES string of the molecule is O=P1(c2ccccc2)C(/C=C/c2cccc3ccccc23)=Cc2ccccc21. The number of rotatable bonds is 3. The summed E-state index contributed by atoms with van der Waals surface area (Å²) < 4.78 is 14.3. The maximum absolute atomic E-state index is 14.3. The average molecular weight is 378 g/mol. The fraction of sp³-hybridized carbons (Fsp3) is 0. The van der Waals surface area contributed by atoms with Gasteiger partial charge in [0.05, 0.1) is 0 Å². The Labute approximate surface area is 165 Å². The molecule has 0 saturated heterocycles. The van der Waals surface area contributed by atoms with Gasteiger partial charge in [0.2, 0.25) is 0 Å². The van der Waals surface area contributed by atoms with E-state index in [0.29, 0.717) is 0 Å². The van der Waals surface area contributed by atoms with Gasteiger partial charge < -0.3 is 4.57 Å². The van der Waals surface area contributed by atoms with Crippen LogP contribution in [-0.4, -0.2) is 0 Å². The molecule has 1 aliphatic rings. The van der Waals surface area contributed by atoms with Gasteiger partial charge >= 0.3 is 0 Å². The van der Waals surface area contributed by atoms with Crippen molar-refractivity contribution in [2.75, 3.05) is 0 Å². The average Bonchev–Trinajstić information content (AvgIpc) is 3.06. The van der Waals surface area contributed by atoms with E-state index in [1.807, 2.05) is 60.7 Å². The Kier molecular flexibility index (Phi) is 4.11. The lowest BCUT2D eigenvalue weighted by molar-refractivity contribution is 0.591. The molecule has 0 spiro atoms. The van der Waals surface area contributed by atoms with Crippen molar-refractivity contribution >= 4 is 40.7 Å². The predicted octanol–water partition coefficient (Wildman–Crippen LogP) is 6.22. The number of hydrogen-bond donors (Lipinski definition) is 0. The van der Waals surface area contributed by atoms with Gasteiger partial charge in [-0.1, -0.05) is 109 Å². The number of hydrogen-bond acceptors (Lipinski definition) is 1. The lowest BCUT2D eigenvalue weighted by Gasteiger charge is -2.16. The van der Waals surface area contributed by atoms with Crippen LogP contribution >= 0.6 is 7.14 Å². The smallest absolute Gasteiger partial charge is 0.171 e. The third-order valence-electron chi connectivity index (χ3n) is 5.32. The van der Waals surface area contributed by atoms with E-state index in [-0.39, 0.29) is 0 Å². The molecule has 134 valence electrons. The molecule has 5 rings (SSSR count). The summed E-state index contributed by atoms with van der Waals surface area (Å²) in [5.74, 6) is 0. The van der Waals surface area contributed by atoms with E-state index in [1.165, 1.54) is 10.8 Å². The third-order valence-corrected chi connectivity index (χ3v) is 8.44. The van der Waals surface area contributed by atoms with Crippen LogP contribution in [0.3, 0.4) is 0 Å². The largest absolute Gasteiger partial charge is 0.309 e. The molecule has 0 fully saturated rings. The Hall–Kier alpha value is -3.15. The Morgan fingerprint density at radius 1 is 0.643 bits per heavy atom. The van der Waals surface area contributed by atoms with Crippen LogP contribution in [0.5, 0.6) is 0 Å². The first-order chi connectivity index (χ1) is 13.8. The molecular formula is C26H19OP. The first-order valence-corrected chi connectivity index (χ1v) is 11.1. The highest BCUT2D eigenvalue weighted by Gasteiger charge is 2.36. The molecule has 2 heteroatoms. The minimum absolute atomic E-state index is 0.882. The Bertz CT molecular complexity index is 1280. The molecule has 0 saturated carbocycles. The van der Waals surface area contributed by atoms with Gasteiger partial charge in [0.1, 0.15) is 0 Å². The van der Waals surface area contributed by atoms with Crippen molar-refractivity contribution in [1.29, 1.82) is 0 Å². The Morgan fingerprint density at radius 3 is 2.25 bits per heavy atom. The first kappa shape index (κ1) is 17.0. The van der Waals surface area contributed by atoms with Crippen molar-refractivity contribution in [2.45, 2.75) is 0 Å². The van der Waals surface area contributed by atoms with Gasteiger partial charge in [0, 0.05) is 15.9 Å². The van der Waals surface area contributed by atoms with Crippen LogP contribution in [0.2, 0.25) is 0 Å². The van der Waals surface area contributed by atoms with Crippen molar-refractivity contribution in [3.05, 3.63) is 120 Å². The first-order valence-electron chi connectivity index (χ1n) is 9.40. The van der Waals surface area contributed by atoms with E-state index in [9.17, 15) is 4.57 Å². The van der Waals surface area contributed by atoms with Gasteiger partial charge in [0.25, 0.3) is 0 Å². The molecule has 1 aliphatic heterocycles. The molecule has 4 aromatic carbocycles. The van der Waals surface area contributed by atoms with E-state index >= 15 is 0 Å². The lowest BCUT2D eigenvalue weighted by atomic mass is 10.0. The summed E-state index contributed by atoms with van der Waals surface area (Å²) in [6.07, 6.45) is 6.20. The molecule has 1 heterocycles. The zero-order valence-electron chi connectivity index (χ0n) is 15.3. The van der Waals surface area contributed by atoms with Crippen molar-refractivity contribution in [3.8, 4) is 0 Å². The highest BCUT2D eigenvalue weighted by molar-refractivity contribution is 7.83. The van der Waals surface area contributed by atoms with Gasteiger partial charge in [-0.15, -0.1) is 0 Å². The molecule has 0 radical (unpaired) electrons. The molecule has 0 bridgehead atoms. The predicted molar refractivity (Wildman–Crippen MR) is 121 cm³/mol. The number of allylic oxidation sites excluding steroid dienone is 2. The lowest BCUT2D eigenvalue weighted by Crippen LogP contribution is -2.15. The molecule has 4 aromatic rings. The second-order valence-corrected chi connectivity index (χ2v) is 9.71. The van der Waals surface area contributed by atoms with Crippen LogP contribution in [0.1, 0.15) is 11.1 Å². The van der Waals surface area contributed by atoms with Crippen LogP contribution in [0.25, 0.3) is 22.9 Å². The van der Waals surface area contributed by atoms with Crippen molar-refractivity contribution in [1.82, 2.24) is 0 Å². The molecule has 1 nitrogen and oxygen atoms in total. The van der Waals surface area contributed by atoms with Crippen molar-refractivity contribution in [3.63, 3.8) is 0 Å². The molecule has 0 N–H and O–H groups in total. The Morgan fingerprint density at radius 2 is 1.36 bits per heavy atom. The number of fused-ring (bicyclic) bond motifs is 2. The van der Waals surface area contributed by atoms with Crippen LogP contribution in [-0.2, 0) is 4.57 Å². The summed E-state index contributed by atoms with van der Waals surface area (Å²) in [6, 6.07) is 32.5. The van der Waals surface area contributed by atoms with Gasteiger partial charge in [-0.05, 0) is 28.0 Å². The summed E-state index contributed by atoms with van der Waals surface area (Å²) in [4.78, 5) is 0. The fourth-order valence-corrected chi connectivity index (χ4v) is 6.79. The van der Waals surface area contributed by atoms with Gasteiger partial charge in [-0.2, -0.15) is 0 Å². The summed E-state index contributed by atoms with van der Waals surface area (Å²) in [6.45, 7) is 0. The van der Waals surface area contributed by atoms with E-state index in [2.05, 4.69) is 54.6 Å². The zero-order chi connectivity index (χ0) is 19.0. The standard InChI is InChI=1S/C26H19OP/c27-28(23-13-2-1-3-14-23)24(19-22-10-5-7-16-26(22)28)18-17-21-12-8-11-20-9-4-6-15-25(20)21/h1-19H/b18-17+. The molecule has 0 aliphatic carbocycles. The summed E-state index contributed by atoms with van der Waals surface area (Å²) in [5, 5.41) is 5.10.